The molecule has 5 heteroatoms. The van der Waals surface area contributed by atoms with Crippen LogP contribution in [0.3, 0.4) is 0 Å². The largest absolute Gasteiger partial charge is 0.386 e. The smallest absolute Gasteiger partial charge is 0.270 e. The Morgan fingerprint density at radius 3 is 2.79 bits per heavy atom. The van der Waals surface area contributed by atoms with Crippen LogP contribution in [0.15, 0.2) is 16.7 Å². The molecule has 1 saturated carbocycles. The highest BCUT2D eigenvalue weighted by atomic mass is 79.9. The summed E-state index contributed by atoms with van der Waals surface area (Å²) < 4.78 is 2.92. The van der Waals surface area contributed by atoms with E-state index in [0.29, 0.717) is 24.7 Å². The van der Waals surface area contributed by atoms with Gasteiger partial charge in [-0.15, -0.1) is 0 Å². The van der Waals surface area contributed by atoms with E-state index in [1.54, 1.807) is 4.90 Å². The Kier molecular flexibility index (Phi) is 3.21. The Labute approximate surface area is 121 Å². The third-order valence-corrected chi connectivity index (χ3v) is 4.53. The average Bonchev–Trinajstić information content (AvgIpc) is 3.10. The molecule has 1 aromatic heterocycles. The van der Waals surface area contributed by atoms with Gasteiger partial charge < -0.3 is 14.6 Å². The fraction of sp³-hybridized carbons (Fsp3) is 0.643. The number of aliphatic hydroxyl groups is 1. The standard InChI is InChI=1S/C14H19BrN2O2/c1-2-5-16-7-11(15)6-12(16)13(18)17-8-14(19,9-17)10-3-4-10/h6-7,10,19H,2-5,8-9H2,1H3. The lowest BCUT2D eigenvalue weighted by molar-refractivity contribution is -0.0960. The first-order valence-electron chi connectivity index (χ1n) is 6.91. The number of carbonyl (C=O) groups is 1. The van der Waals surface area contributed by atoms with Crippen molar-refractivity contribution in [1.82, 2.24) is 9.47 Å². The third-order valence-electron chi connectivity index (χ3n) is 4.10. The van der Waals surface area contributed by atoms with Crippen molar-refractivity contribution in [3.8, 4) is 0 Å². The van der Waals surface area contributed by atoms with E-state index >= 15 is 0 Å². The molecule has 4 nitrogen and oxygen atoms in total. The minimum Gasteiger partial charge on any atom is -0.386 e. The summed E-state index contributed by atoms with van der Waals surface area (Å²) in [6.45, 7) is 3.92. The maximum atomic E-state index is 12.4. The van der Waals surface area contributed by atoms with Crippen LogP contribution in [0.1, 0.15) is 36.7 Å². The molecule has 2 aliphatic rings. The first-order valence-corrected chi connectivity index (χ1v) is 7.70. The van der Waals surface area contributed by atoms with Gasteiger partial charge in [-0.05, 0) is 47.2 Å². The highest BCUT2D eigenvalue weighted by molar-refractivity contribution is 9.10. The molecule has 1 N–H and O–H groups in total. The molecule has 1 aliphatic heterocycles. The van der Waals surface area contributed by atoms with Crippen LogP contribution in [0.2, 0.25) is 0 Å². The quantitative estimate of drug-likeness (QED) is 0.922. The molecule has 0 aromatic carbocycles. The van der Waals surface area contributed by atoms with Gasteiger partial charge in [-0.1, -0.05) is 6.92 Å². The minimum absolute atomic E-state index is 0.0319. The lowest BCUT2D eigenvalue weighted by Crippen LogP contribution is -2.64. The Hall–Kier alpha value is -0.810. The van der Waals surface area contributed by atoms with Crippen LogP contribution in [-0.4, -0.2) is 39.2 Å². The van der Waals surface area contributed by atoms with Gasteiger partial charge in [0.05, 0.1) is 13.1 Å². The number of hydrogen-bond acceptors (Lipinski definition) is 2. The van der Waals surface area contributed by atoms with Crippen LogP contribution < -0.4 is 0 Å². The molecule has 0 radical (unpaired) electrons. The summed E-state index contributed by atoms with van der Waals surface area (Å²) in [4.78, 5) is 14.2. The van der Waals surface area contributed by atoms with Crippen molar-refractivity contribution in [1.29, 1.82) is 0 Å². The van der Waals surface area contributed by atoms with Gasteiger partial charge in [0.25, 0.3) is 5.91 Å². The molecule has 0 bridgehead atoms. The average molecular weight is 327 g/mol. The first-order chi connectivity index (χ1) is 9.03. The van der Waals surface area contributed by atoms with Gasteiger partial charge in [-0.25, -0.2) is 0 Å². The van der Waals surface area contributed by atoms with E-state index < -0.39 is 5.60 Å². The molecule has 104 valence electrons. The van der Waals surface area contributed by atoms with Crippen molar-refractivity contribution < 1.29 is 9.90 Å². The normalized spacial score (nSPS) is 21.3. The van der Waals surface area contributed by atoms with E-state index in [1.807, 2.05) is 16.8 Å². The fourth-order valence-corrected chi connectivity index (χ4v) is 3.34. The molecule has 2 fully saturated rings. The fourth-order valence-electron chi connectivity index (χ4n) is 2.88. The molecule has 2 heterocycles. The summed E-state index contributed by atoms with van der Waals surface area (Å²) in [6.07, 6.45) is 5.16. The van der Waals surface area contributed by atoms with Crippen molar-refractivity contribution in [2.45, 2.75) is 38.3 Å². The van der Waals surface area contributed by atoms with E-state index in [4.69, 9.17) is 0 Å². The van der Waals surface area contributed by atoms with Crippen molar-refractivity contribution in [3.05, 3.63) is 22.4 Å². The number of carbonyl (C=O) groups excluding carboxylic acids is 1. The molecule has 0 atom stereocenters. The predicted octanol–water partition coefficient (Wildman–Crippen LogP) is 2.26. The van der Waals surface area contributed by atoms with E-state index in [1.165, 1.54) is 0 Å². The molecule has 0 unspecified atom stereocenters. The van der Waals surface area contributed by atoms with Crippen molar-refractivity contribution in [2.75, 3.05) is 13.1 Å². The third kappa shape index (κ3) is 2.34. The van der Waals surface area contributed by atoms with E-state index in [-0.39, 0.29) is 5.91 Å². The number of amides is 1. The second kappa shape index (κ2) is 4.63. The minimum atomic E-state index is -0.602. The molecule has 19 heavy (non-hydrogen) atoms. The Morgan fingerprint density at radius 1 is 1.53 bits per heavy atom. The van der Waals surface area contributed by atoms with Crippen LogP contribution >= 0.6 is 15.9 Å². The van der Waals surface area contributed by atoms with Gasteiger partial charge >= 0.3 is 0 Å². The van der Waals surface area contributed by atoms with Gasteiger partial charge in [0.2, 0.25) is 0 Å². The molecule has 1 aromatic rings. The van der Waals surface area contributed by atoms with E-state index in [9.17, 15) is 9.90 Å². The number of aryl methyl sites for hydroxylation is 1. The summed E-state index contributed by atoms with van der Waals surface area (Å²) >= 11 is 3.43. The highest BCUT2D eigenvalue weighted by Crippen LogP contribution is 2.44. The van der Waals surface area contributed by atoms with Crippen molar-refractivity contribution in [3.63, 3.8) is 0 Å². The van der Waals surface area contributed by atoms with Gasteiger partial charge in [-0.2, -0.15) is 0 Å². The number of β-amino-alcohol motifs (C(OH)–C–C–N with tert-alkyl or cyclic N) is 1. The second-order valence-electron chi connectivity index (χ2n) is 5.78. The molecule has 1 aliphatic carbocycles. The molecule has 1 saturated heterocycles. The number of nitrogens with zero attached hydrogens (tertiary/aromatic N) is 2. The Morgan fingerprint density at radius 2 is 2.21 bits per heavy atom. The number of aromatic nitrogens is 1. The number of hydrogen-bond donors (Lipinski definition) is 1. The topological polar surface area (TPSA) is 45.5 Å². The zero-order valence-electron chi connectivity index (χ0n) is 11.1. The molecular formula is C14H19BrN2O2. The van der Waals surface area contributed by atoms with Crippen LogP contribution in [0.5, 0.6) is 0 Å². The lowest BCUT2D eigenvalue weighted by Gasteiger charge is -2.47. The Bertz CT molecular complexity index is 502. The van der Waals surface area contributed by atoms with Crippen LogP contribution in [0.4, 0.5) is 0 Å². The summed E-state index contributed by atoms with van der Waals surface area (Å²) in [7, 11) is 0. The first kappa shape index (κ1) is 13.2. The summed E-state index contributed by atoms with van der Waals surface area (Å²) in [5.41, 5.74) is 0.112. The highest BCUT2D eigenvalue weighted by Gasteiger charge is 2.53. The zero-order chi connectivity index (χ0) is 13.6. The second-order valence-corrected chi connectivity index (χ2v) is 6.69. The van der Waals surface area contributed by atoms with E-state index in [0.717, 1.165) is 30.3 Å². The maximum absolute atomic E-state index is 12.4. The predicted molar refractivity (Wildman–Crippen MR) is 76.0 cm³/mol. The number of halogens is 1. The Balaban J connectivity index is 1.71. The summed E-state index contributed by atoms with van der Waals surface area (Å²) in [5, 5.41) is 10.3. The van der Waals surface area contributed by atoms with Crippen molar-refractivity contribution in [2.24, 2.45) is 5.92 Å². The van der Waals surface area contributed by atoms with E-state index in [2.05, 4.69) is 22.9 Å². The molecular weight excluding hydrogens is 308 g/mol. The molecule has 3 rings (SSSR count). The van der Waals surface area contributed by atoms with Gasteiger partial charge in [0, 0.05) is 17.2 Å². The van der Waals surface area contributed by atoms with Crippen LogP contribution in [-0.2, 0) is 6.54 Å². The monoisotopic (exact) mass is 326 g/mol. The van der Waals surface area contributed by atoms with Gasteiger partial charge in [0.15, 0.2) is 0 Å². The van der Waals surface area contributed by atoms with Crippen LogP contribution in [0, 0.1) is 5.92 Å². The number of likely N-dealkylation sites (tertiary alicyclic amines) is 1. The molecule has 0 spiro atoms. The van der Waals surface area contributed by atoms with Crippen molar-refractivity contribution >= 4 is 21.8 Å². The van der Waals surface area contributed by atoms with Gasteiger partial charge in [-0.3, -0.25) is 4.79 Å². The summed E-state index contributed by atoms with van der Waals surface area (Å²) in [6, 6.07) is 1.87. The SMILES string of the molecule is CCCn1cc(Br)cc1C(=O)N1CC(O)(C2CC2)C1. The van der Waals surface area contributed by atoms with Gasteiger partial charge in [0.1, 0.15) is 11.3 Å². The zero-order valence-corrected chi connectivity index (χ0v) is 12.7. The summed E-state index contributed by atoms with van der Waals surface area (Å²) in [5.74, 6) is 0.454. The maximum Gasteiger partial charge on any atom is 0.270 e. The lowest BCUT2D eigenvalue weighted by atomic mass is 9.88. The number of rotatable bonds is 4. The van der Waals surface area contributed by atoms with Crippen LogP contribution in [0.25, 0.3) is 0 Å². The molecule has 1 amide bonds.